The zero-order valence-electron chi connectivity index (χ0n) is 12.1. The lowest BCUT2D eigenvalue weighted by atomic mass is 10.1. The molecule has 0 saturated carbocycles. The van der Waals surface area contributed by atoms with E-state index in [0.717, 1.165) is 11.6 Å². The Morgan fingerprint density at radius 2 is 2.04 bits per heavy atom. The topological polar surface area (TPSA) is 114 Å². The lowest BCUT2D eigenvalue weighted by Gasteiger charge is -2.01. The van der Waals surface area contributed by atoms with Gasteiger partial charge in [0.05, 0.1) is 20.0 Å². The number of benzene rings is 1. The maximum atomic E-state index is 11.5. The van der Waals surface area contributed by atoms with Crippen LogP contribution in [0.25, 0.3) is 10.2 Å². The van der Waals surface area contributed by atoms with Gasteiger partial charge >= 0.3 is 5.97 Å². The largest absolute Gasteiger partial charge is 0.506 e. The summed E-state index contributed by atoms with van der Waals surface area (Å²) in [4.78, 5) is 24.9. The number of pyridine rings is 1. The fraction of sp³-hybridized carbons (Fsp3) is 0.0625. The van der Waals surface area contributed by atoms with Gasteiger partial charge in [-0.05, 0) is 17.7 Å². The quantitative estimate of drug-likeness (QED) is 0.617. The van der Waals surface area contributed by atoms with Gasteiger partial charge in [0, 0.05) is 11.8 Å². The van der Waals surface area contributed by atoms with Gasteiger partial charge in [0.2, 0.25) is 0 Å². The summed E-state index contributed by atoms with van der Waals surface area (Å²) in [5.74, 6) is -0.593. The Morgan fingerprint density at radius 1 is 1.33 bits per heavy atom. The highest BCUT2D eigenvalue weighted by Crippen LogP contribution is 2.40. The van der Waals surface area contributed by atoms with E-state index in [9.17, 15) is 20.0 Å². The number of thioether (sulfide) groups is 1. The molecule has 8 heteroatoms. The molecule has 120 valence electrons. The van der Waals surface area contributed by atoms with Gasteiger partial charge in [-0.15, -0.1) is 23.1 Å². The molecule has 0 amide bonds. The summed E-state index contributed by atoms with van der Waals surface area (Å²) in [6.07, 6.45) is 0. The molecule has 3 rings (SSSR count). The van der Waals surface area contributed by atoms with Crippen molar-refractivity contribution in [2.75, 3.05) is 0 Å². The SMILES string of the molecule is N#Cc1c(SCc2ccc(C(=O)O)cc2)sc2c(O)cc(=O)[nH]c12. The van der Waals surface area contributed by atoms with Crippen LogP contribution in [-0.4, -0.2) is 21.2 Å². The molecule has 0 aliphatic carbocycles. The standard InChI is InChI=1S/C16H10N2O4S2/c17-6-10-13-14(11(19)5-12(20)18-13)24-16(10)23-7-8-1-3-9(4-2-8)15(21)22/h1-5H,7H2,(H,21,22)(H2,18,19,20). The second-order valence-corrected chi connectivity index (χ2v) is 7.15. The number of carboxylic acids is 1. The molecule has 2 heterocycles. The summed E-state index contributed by atoms with van der Waals surface area (Å²) in [7, 11) is 0. The third-order valence-electron chi connectivity index (χ3n) is 3.31. The summed E-state index contributed by atoms with van der Waals surface area (Å²) in [6, 6.07) is 9.63. The van der Waals surface area contributed by atoms with Crippen molar-refractivity contribution in [1.29, 1.82) is 5.26 Å². The molecule has 3 N–H and O–H groups in total. The number of aromatic nitrogens is 1. The van der Waals surface area contributed by atoms with E-state index in [1.807, 2.05) is 0 Å². The minimum Gasteiger partial charge on any atom is -0.506 e. The minimum atomic E-state index is -0.982. The molecule has 24 heavy (non-hydrogen) atoms. The number of rotatable bonds is 4. The van der Waals surface area contributed by atoms with Crippen molar-refractivity contribution in [3.8, 4) is 11.8 Å². The van der Waals surface area contributed by atoms with E-state index in [2.05, 4.69) is 11.1 Å². The lowest BCUT2D eigenvalue weighted by molar-refractivity contribution is 0.0697. The van der Waals surface area contributed by atoms with Gasteiger partial charge < -0.3 is 15.2 Å². The number of fused-ring (bicyclic) bond motifs is 1. The van der Waals surface area contributed by atoms with E-state index in [0.29, 0.717) is 25.7 Å². The molecule has 3 aromatic rings. The molecule has 0 atom stereocenters. The first-order valence-corrected chi connectivity index (χ1v) is 8.53. The number of thiophene rings is 1. The highest BCUT2D eigenvalue weighted by molar-refractivity contribution is 8.00. The van der Waals surface area contributed by atoms with Gasteiger partial charge in [-0.3, -0.25) is 4.79 Å². The third-order valence-corrected chi connectivity index (χ3v) is 5.86. The Hall–Kier alpha value is -2.76. The Labute approximate surface area is 144 Å². The Bertz CT molecular complexity index is 1030. The molecule has 0 unspecified atom stereocenters. The fourth-order valence-electron chi connectivity index (χ4n) is 2.15. The van der Waals surface area contributed by atoms with Crippen LogP contribution in [0, 0.1) is 11.3 Å². The van der Waals surface area contributed by atoms with Crippen LogP contribution >= 0.6 is 23.1 Å². The average Bonchev–Trinajstić information content (AvgIpc) is 2.91. The zero-order chi connectivity index (χ0) is 17.3. The number of aromatic amines is 1. The Morgan fingerprint density at radius 3 is 2.67 bits per heavy atom. The first-order valence-electron chi connectivity index (χ1n) is 6.73. The molecular weight excluding hydrogens is 348 g/mol. The monoisotopic (exact) mass is 358 g/mol. The molecular formula is C16H10N2O4S2. The van der Waals surface area contributed by atoms with Gasteiger partial charge in [-0.25, -0.2) is 4.79 Å². The smallest absolute Gasteiger partial charge is 0.335 e. The van der Waals surface area contributed by atoms with Crippen LogP contribution in [0.4, 0.5) is 0 Å². The first kappa shape index (κ1) is 16.1. The summed E-state index contributed by atoms with van der Waals surface area (Å²) in [5, 5.41) is 28.1. The average molecular weight is 358 g/mol. The number of hydrogen-bond donors (Lipinski definition) is 3. The third kappa shape index (κ3) is 2.99. The fourth-order valence-corrected chi connectivity index (χ4v) is 4.45. The van der Waals surface area contributed by atoms with Crippen LogP contribution in [0.5, 0.6) is 5.75 Å². The van der Waals surface area contributed by atoms with Crippen molar-refractivity contribution < 1.29 is 15.0 Å². The van der Waals surface area contributed by atoms with E-state index in [-0.39, 0.29) is 11.3 Å². The van der Waals surface area contributed by atoms with Crippen molar-refractivity contribution in [3.63, 3.8) is 0 Å². The van der Waals surface area contributed by atoms with Gasteiger partial charge in [-0.2, -0.15) is 5.26 Å². The Kier molecular flexibility index (Phi) is 4.29. The summed E-state index contributed by atoms with van der Waals surface area (Å²) in [5.41, 5.74) is 1.33. The van der Waals surface area contributed by atoms with Crippen molar-refractivity contribution in [3.05, 3.63) is 57.4 Å². The predicted molar refractivity (Wildman–Crippen MR) is 91.8 cm³/mol. The number of aromatic carboxylic acids is 1. The molecule has 0 spiro atoms. The molecule has 0 radical (unpaired) electrons. The van der Waals surface area contributed by atoms with E-state index in [4.69, 9.17) is 5.11 Å². The molecule has 0 fully saturated rings. The number of carboxylic acid groups (broad SMARTS) is 1. The highest BCUT2D eigenvalue weighted by Gasteiger charge is 2.16. The normalized spacial score (nSPS) is 10.6. The van der Waals surface area contributed by atoms with Gasteiger partial charge in [-0.1, -0.05) is 12.1 Å². The zero-order valence-corrected chi connectivity index (χ0v) is 13.7. The van der Waals surface area contributed by atoms with Gasteiger partial charge in [0.1, 0.15) is 17.4 Å². The number of nitrogens with one attached hydrogen (secondary N) is 1. The molecule has 0 aliphatic heterocycles. The van der Waals surface area contributed by atoms with Crippen LogP contribution in [0.2, 0.25) is 0 Å². The van der Waals surface area contributed by atoms with Crippen LogP contribution in [0.15, 0.2) is 39.3 Å². The molecule has 0 bridgehead atoms. The van der Waals surface area contributed by atoms with Crippen LogP contribution in [0.3, 0.4) is 0 Å². The summed E-state index contributed by atoms with van der Waals surface area (Å²) < 4.78 is 1.15. The van der Waals surface area contributed by atoms with E-state index < -0.39 is 11.5 Å². The number of nitriles is 1. The number of hydrogen-bond acceptors (Lipinski definition) is 6. The van der Waals surface area contributed by atoms with Crippen molar-refractivity contribution in [1.82, 2.24) is 4.98 Å². The Balaban J connectivity index is 1.90. The second-order valence-electron chi connectivity index (χ2n) is 4.89. The van der Waals surface area contributed by atoms with Crippen molar-refractivity contribution in [2.24, 2.45) is 0 Å². The maximum absolute atomic E-state index is 11.5. The lowest BCUT2D eigenvalue weighted by Crippen LogP contribution is -2.02. The van der Waals surface area contributed by atoms with Gasteiger partial charge in [0.15, 0.2) is 0 Å². The molecule has 6 nitrogen and oxygen atoms in total. The number of nitrogens with zero attached hydrogens (tertiary/aromatic N) is 1. The van der Waals surface area contributed by atoms with E-state index in [1.165, 1.54) is 35.2 Å². The van der Waals surface area contributed by atoms with Crippen molar-refractivity contribution in [2.45, 2.75) is 9.96 Å². The first-order chi connectivity index (χ1) is 11.5. The van der Waals surface area contributed by atoms with E-state index in [1.54, 1.807) is 12.1 Å². The van der Waals surface area contributed by atoms with E-state index >= 15 is 0 Å². The second kappa shape index (κ2) is 6.39. The van der Waals surface area contributed by atoms with Crippen molar-refractivity contribution >= 4 is 39.3 Å². The number of H-pyrrole nitrogens is 1. The molecule has 1 aromatic carbocycles. The summed E-state index contributed by atoms with van der Waals surface area (Å²) in [6.45, 7) is 0. The predicted octanol–water partition coefficient (Wildman–Crippen LogP) is 3.16. The highest BCUT2D eigenvalue weighted by atomic mass is 32.2. The van der Waals surface area contributed by atoms with Crippen LogP contribution in [-0.2, 0) is 5.75 Å². The number of carbonyl (C=O) groups is 1. The molecule has 0 saturated heterocycles. The molecule has 0 aliphatic rings. The maximum Gasteiger partial charge on any atom is 0.335 e. The summed E-state index contributed by atoms with van der Waals surface area (Å²) >= 11 is 2.63. The van der Waals surface area contributed by atoms with Crippen LogP contribution < -0.4 is 5.56 Å². The number of aromatic hydroxyl groups is 1. The minimum absolute atomic E-state index is 0.145. The van der Waals surface area contributed by atoms with Gasteiger partial charge in [0.25, 0.3) is 5.56 Å². The molecule has 2 aromatic heterocycles. The van der Waals surface area contributed by atoms with Crippen LogP contribution in [0.1, 0.15) is 21.5 Å².